The predicted octanol–water partition coefficient (Wildman–Crippen LogP) is 3.61. The molecule has 1 aliphatic rings. The van der Waals surface area contributed by atoms with Crippen molar-refractivity contribution in [1.29, 1.82) is 0 Å². The van der Waals surface area contributed by atoms with Gasteiger partial charge in [0.2, 0.25) is 0 Å². The third-order valence-corrected chi connectivity index (χ3v) is 3.59. The van der Waals surface area contributed by atoms with Crippen molar-refractivity contribution in [3.8, 4) is 0 Å². The summed E-state index contributed by atoms with van der Waals surface area (Å²) in [5.74, 6) is 0.706. The van der Waals surface area contributed by atoms with Gasteiger partial charge < -0.3 is 4.57 Å². The fourth-order valence-corrected chi connectivity index (χ4v) is 2.79. The first-order valence-corrected chi connectivity index (χ1v) is 6.12. The van der Waals surface area contributed by atoms with E-state index in [1.807, 2.05) is 0 Å². The summed E-state index contributed by atoms with van der Waals surface area (Å²) in [6.07, 6.45) is 8.25. The molecule has 0 spiro atoms. The molecule has 1 atom stereocenters. The van der Waals surface area contributed by atoms with Gasteiger partial charge in [0.05, 0.1) is 0 Å². The van der Waals surface area contributed by atoms with Crippen molar-refractivity contribution in [2.24, 2.45) is 0 Å². The second-order valence-corrected chi connectivity index (χ2v) is 4.67. The highest BCUT2D eigenvalue weighted by atomic mass is 14.9. The zero-order valence-electron chi connectivity index (χ0n) is 9.47. The van der Waals surface area contributed by atoms with Crippen LogP contribution in [-0.2, 0) is 13.0 Å². The summed E-state index contributed by atoms with van der Waals surface area (Å²) in [4.78, 5) is 0. The minimum atomic E-state index is 0.706. The van der Waals surface area contributed by atoms with Crippen LogP contribution in [0.25, 0.3) is 0 Å². The van der Waals surface area contributed by atoms with Crippen LogP contribution < -0.4 is 0 Å². The van der Waals surface area contributed by atoms with E-state index in [-0.39, 0.29) is 0 Å². The van der Waals surface area contributed by atoms with Crippen molar-refractivity contribution in [2.75, 3.05) is 0 Å². The third kappa shape index (κ3) is 1.78. The Kier molecular flexibility index (Phi) is 2.53. The number of nitrogens with zero attached hydrogens (tertiary/aromatic N) is 1. The Bertz CT molecular complexity index is 456. The fourth-order valence-electron chi connectivity index (χ4n) is 2.79. The molecule has 0 aliphatic heterocycles. The van der Waals surface area contributed by atoms with Gasteiger partial charge in [-0.05, 0) is 42.5 Å². The number of rotatable bonds is 2. The Labute approximate surface area is 96.7 Å². The van der Waals surface area contributed by atoms with Crippen LogP contribution >= 0.6 is 0 Å². The maximum atomic E-state index is 2.31. The maximum Gasteiger partial charge on any atom is 0.0288 e. The second-order valence-electron chi connectivity index (χ2n) is 4.67. The second kappa shape index (κ2) is 4.17. The topological polar surface area (TPSA) is 4.93 Å². The van der Waals surface area contributed by atoms with E-state index >= 15 is 0 Å². The normalized spacial score (nSPS) is 19.4. The molecule has 82 valence electrons. The molecule has 1 aliphatic carbocycles. The van der Waals surface area contributed by atoms with Crippen LogP contribution in [0.1, 0.15) is 29.9 Å². The molecule has 16 heavy (non-hydrogen) atoms. The largest absolute Gasteiger partial charge is 0.354 e. The number of hydrogen-bond donors (Lipinski definition) is 0. The van der Waals surface area contributed by atoms with E-state index in [0.29, 0.717) is 5.92 Å². The van der Waals surface area contributed by atoms with Gasteiger partial charge in [0.15, 0.2) is 0 Å². The first-order valence-electron chi connectivity index (χ1n) is 6.12. The van der Waals surface area contributed by atoms with Crippen LogP contribution in [0.4, 0.5) is 0 Å². The van der Waals surface area contributed by atoms with E-state index in [2.05, 4.69) is 53.4 Å². The molecular weight excluding hydrogens is 194 g/mol. The van der Waals surface area contributed by atoms with E-state index in [9.17, 15) is 0 Å². The predicted molar refractivity (Wildman–Crippen MR) is 66.6 cm³/mol. The summed E-state index contributed by atoms with van der Waals surface area (Å²) in [5.41, 5.74) is 3.13. The van der Waals surface area contributed by atoms with E-state index in [4.69, 9.17) is 0 Å². The molecule has 2 aromatic rings. The lowest BCUT2D eigenvalue weighted by atomic mass is 9.83. The van der Waals surface area contributed by atoms with Crippen molar-refractivity contribution in [2.45, 2.75) is 31.7 Å². The van der Waals surface area contributed by atoms with Crippen molar-refractivity contribution < 1.29 is 0 Å². The lowest BCUT2D eigenvalue weighted by Gasteiger charge is -2.25. The Hall–Kier alpha value is -1.50. The van der Waals surface area contributed by atoms with E-state index in [1.165, 1.54) is 19.3 Å². The molecule has 0 radical (unpaired) electrons. The van der Waals surface area contributed by atoms with Crippen LogP contribution in [0.3, 0.4) is 0 Å². The standard InChI is InChI=1S/C15H17N/c1-2-9-15-13(6-1)7-5-8-14(15)12-16-10-3-4-11-16/h1-4,6,9-11,14H,5,7-8,12H2. The van der Waals surface area contributed by atoms with Gasteiger partial charge in [-0.1, -0.05) is 24.3 Å². The molecule has 0 bridgehead atoms. The Morgan fingerprint density at radius 3 is 2.75 bits per heavy atom. The monoisotopic (exact) mass is 211 g/mol. The molecule has 0 N–H and O–H groups in total. The zero-order valence-corrected chi connectivity index (χ0v) is 9.47. The molecule has 0 saturated heterocycles. The molecule has 3 rings (SSSR count). The molecule has 1 heterocycles. The molecule has 1 aromatic heterocycles. The average molecular weight is 211 g/mol. The molecule has 1 nitrogen and oxygen atoms in total. The highest BCUT2D eigenvalue weighted by Gasteiger charge is 2.19. The lowest BCUT2D eigenvalue weighted by Crippen LogP contribution is -2.14. The minimum absolute atomic E-state index is 0.706. The van der Waals surface area contributed by atoms with E-state index < -0.39 is 0 Å². The molecule has 1 unspecified atom stereocenters. The quantitative estimate of drug-likeness (QED) is 0.715. The van der Waals surface area contributed by atoms with Gasteiger partial charge in [-0.3, -0.25) is 0 Å². The molecule has 0 fully saturated rings. The minimum Gasteiger partial charge on any atom is -0.354 e. The Morgan fingerprint density at radius 2 is 1.88 bits per heavy atom. The van der Waals surface area contributed by atoms with E-state index in [0.717, 1.165) is 6.54 Å². The lowest BCUT2D eigenvalue weighted by molar-refractivity contribution is 0.484. The summed E-state index contributed by atoms with van der Waals surface area (Å²) in [7, 11) is 0. The highest BCUT2D eigenvalue weighted by Crippen LogP contribution is 2.32. The SMILES string of the molecule is c1ccc2c(c1)CCCC2Cn1cccc1. The summed E-state index contributed by atoms with van der Waals surface area (Å²) in [6, 6.07) is 13.1. The summed E-state index contributed by atoms with van der Waals surface area (Å²) in [6.45, 7) is 1.13. The van der Waals surface area contributed by atoms with Gasteiger partial charge in [-0.2, -0.15) is 0 Å². The first-order chi connectivity index (χ1) is 7.93. The van der Waals surface area contributed by atoms with E-state index in [1.54, 1.807) is 11.1 Å². The van der Waals surface area contributed by atoms with Crippen LogP contribution in [0, 0.1) is 0 Å². The maximum absolute atomic E-state index is 2.31. The number of hydrogen-bond acceptors (Lipinski definition) is 0. The Morgan fingerprint density at radius 1 is 1.06 bits per heavy atom. The number of fused-ring (bicyclic) bond motifs is 1. The molecular formula is C15H17N. The van der Waals surface area contributed by atoms with Gasteiger partial charge in [0, 0.05) is 24.9 Å². The van der Waals surface area contributed by atoms with Crippen molar-refractivity contribution in [3.05, 3.63) is 59.9 Å². The van der Waals surface area contributed by atoms with Crippen LogP contribution in [0.5, 0.6) is 0 Å². The average Bonchev–Trinajstić information content (AvgIpc) is 2.82. The van der Waals surface area contributed by atoms with Gasteiger partial charge >= 0.3 is 0 Å². The van der Waals surface area contributed by atoms with Crippen LogP contribution in [-0.4, -0.2) is 4.57 Å². The molecule has 1 aromatic carbocycles. The van der Waals surface area contributed by atoms with Gasteiger partial charge in [0.1, 0.15) is 0 Å². The van der Waals surface area contributed by atoms with Crippen LogP contribution in [0.15, 0.2) is 48.8 Å². The highest BCUT2D eigenvalue weighted by molar-refractivity contribution is 5.32. The number of aryl methyl sites for hydroxylation is 1. The smallest absolute Gasteiger partial charge is 0.0288 e. The van der Waals surface area contributed by atoms with Crippen molar-refractivity contribution >= 4 is 0 Å². The number of benzene rings is 1. The summed E-state index contributed by atoms with van der Waals surface area (Å²) in [5, 5.41) is 0. The summed E-state index contributed by atoms with van der Waals surface area (Å²) < 4.78 is 2.30. The van der Waals surface area contributed by atoms with Gasteiger partial charge in [0.25, 0.3) is 0 Å². The zero-order chi connectivity index (χ0) is 10.8. The summed E-state index contributed by atoms with van der Waals surface area (Å²) >= 11 is 0. The molecule has 1 heteroatoms. The fraction of sp³-hybridized carbons (Fsp3) is 0.333. The number of aromatic nitrogens is 1. The van der Waals surface area contributed by atoms with Gasteiger partial charge in [-0.15, -0.1) is 0 Å². The van der Waals surface area contributed by atoms with Crippen LogP contribution in [0.2, 0.25) is 0 Å². The molecule has 0 saturated carbocycles. The van der Waals surface area contributed by atoms with Crippen molar-refractivity contribution in [3.63, 3.8) is 0 Å². The first kappa shape index (κ1) is 9.71. The van der Waals surface area contributed by atoms with Crippen molar-refractivity contribution in [1.82, 2.24) is 4.57 Å². The Balaban J connectivity index is 1.87. The van der Waals surface area contributed by atoms with Gasteiger partial charge in [-0.25, -0.2) is 0 Å². The molecule has 0 amide bonds. The third-order valence-electron chi connectivity index (χ3n) is 3.59.